The van der Waals surface area contributed by atoms with E-state index in [1.54, 1.807) is 11.6 Å². The van der Waals surface area contributed by atoms with Gasteiger partial charge in [0, 0.05) is 12.0 Å². The van der Waals surface area contributed by atoms with Gasteiger partial charge in [0.25, 0.3) is 0 Å². The van der Waals surface area contributed by atoms with Crippen molar-refractivity contribution >= 4 is 0 Å². The maximum absolute atomic E-state index is 11.6. The third-order valence-corrected chi connectivity index (χ3v) is 4.33. The van der Waals surface area contributed by atoms with Gasteiger partial charge in [0.2, 0.25) is 5.82 Å². The van der Waals surface area contributed by atoms with Gasteiger partial charge in [-0.05, 0) is 28.8 Å². The third kappa shape index (κ3) is 3.59. The number of aromatic amines is 2. The summed E-state index contributed by atoms with van der Waals surface area (Å²) < 4.78 is 1.68. The quantitative estimate of drug-likeness (QED) is 0.522. The van der Waals surface area contributed by atoms with Crippen LogP contribution in [-0.2, 0) is 13.0 Å². The maximum atomic E-state index is 11.6. The molecule has 2 N–H and O–H groups in total. The zero-order valence-corrected chi connectivity index (χ0v) is 15.2. The molecule has 0 amide bonds. The van der Waals surface area contributed by atoms with Crippen LogP contribution in [0, 0.1) is 11.8 Å². The van der Waals surface area contributed by atoms with E-state index < -0.39 is 0 Å². The molecule has 2 heterocycles. The molecule has 0 atom stereocenters. The zero-order valence-electron chi connectivity index (χ0n) is 15.2. The molecule has 0 fully saturated rings. The molecule has 28 heavy (non-hydrogen) atoms. The molecule has 8 nitrogen and oxygen atoms in total. The van der Waals surface area contributed by atoms with Gasteiger partial charge in [-0.25, -0.2) is 9.89 Å². The van der Waals surface area contributed by atoms with Crippen molar-refractivity contribution in [3.63, 3.8) is 0 Å². The summed E-state index contributed by atoms with van der Waals surface area (Å²) in [4.78, 5) is 15.6. The first-order chi connectivity index (χ1) is 13.7. The second-order valence-corrected chi connectivity index (χ2v) is 6.11. The molecule has 0 aliphatic carbocycles. The first-order valence-corrected chi connectivity index (χ1v) is 8.72. The van der Waals surface area contributed by atoms with Gasteiger partial charge in [0.1, 0.15) is 12.4 Å². The lowest BCUT2D eigenvalue weighted by molar-refractivity contribution is 0.667. The number of tetrazole rings is 1. The van der Waals surface area contributed by atoms with E-state index in [0.717, 1.165) is 22.3 Å². The fourth-order valence-electron chi connectivity index (χ4n) is 3.00. The van der Waals surface area contributed by atoms with Crippen LogP contribution in [-0.4, -0.2) is 35.4 Å². The first kappa shape index (κ1) is 17.4. The smallest absolute Gasteiger partial charge is 0.258 e. The van der Waals surface area contributed by atoms with Crippen molar-refractivity contribution in [1.82, 2.24) is 35.4 Å². The average molecular weight is 371 g/mol. The van der Waals surface area contributed by atoms with Crippen LogP contribution in [0.5, 0.6) is 0 Å². The number of aromatic nitrogens is 7. The molecule has 2 aromatic carbocycles. The van der Waals surface area contributed by atoms with Crippen LogP contribution in [0.4, 0.5) is 0 Å². The summed E-state index contributed by atoms with van der Waals surface area (Å²) in [5.74, 6) is 6.97. The van der Waals surface area contributed by atoms with E-state index in [4.69, 9.17) is 0 Å². The Morgan fingerprint density at radius 2 is 1.86 bits per heavy atom. The predicted octanol–water partition coefficient (Wildman–Crippen LogP) is 2.03. The second-order valence-electron chi connectivity index (χ2n) is 6.11. The lowest BCUT2D eigenvalue weighted by Gasteiger charge is -2.08. The van der Waals surface area contributed by atoms with Gasteiger partial charge < -0.3 is 0 Å². The molecular weight excluding hydrogens is 354 g/mol. The maximum Gasteiger partial charge on any atom is 0.361 e. The highest BCUT2D eigenvalue weighted by Gasteiger charge is 2.11. The van der Waals surface area contributed by atoms with E-state index in [-0.39, 0.29) is 5.69 Å². The van der Waals surface area contributed by atoms with Gasteiger partial charge in [0.15, 0.2) is 0 Å². The van der Waals surface area contributed by atoms with Crippen molar-refractivity contribution in [3.05, 3.63) is 70.4 Å². The van der Waals surface area contributed by atoms with Crippen molar-refractivity contribution in [3.8, 4) is 34.4 Å². The summed E-state index contributed by atoms with van der Waals surface area (Å²) in [5.41, 5.74) is 3.65. The van der Waals surface area contributed by atoms with Crippen molar-refractivity contribution in [1.29, 1.82) is 0 Å². The molecule has 0 saturated heterocycles. The molecule has 0 saturated carbocycles. The van der Waals surface area contributed by atoms with Crippen molar-refractivity contribution in [2.24, 2.45) is 0 Å². The van der Waals surface area contributed by atoms with Crippen LogP contribution in [0.25, 0.3) is 22.5 Å². The molecule has 2 aromatic heterocycles. The number of nitrogens with one attached hydrogen (secondary N) is 2. The summed E-state index contributed by atoms with van der Waals surface area (Å²) >= 11 is 0. The highest BCUT2D eigenvalue weighted by Crippen LogP contribution is 2.29. The molecule has 4 aromatic rings. The van der Waals surface area contributed by atoms with Crippen LogP contribution in [0.2, 0.25) is 0 Å². The van der Waals surface area contributed by atoms with Crippen LogP contribution in [0.3, 0.4) is 0 Å². The minimum atomic E-state index is -0.362. The summed E-state index contributed by atoms with van der Waals surface area (Å²) in [6.45, 7) is 2.18. The van der Waals surface area contributed by atoms with Gasteiger partial charge in [-0.2, -0.15) is 10.2 Å². The van der Waals surface area contributed by atoms with Crippen molar-refractivity contribution in [2.45, 2.75) is 19.9 Å². The van der Waals surface area contributed by atoms with Gasteiger partial charge in [0.05, 0.1) is 0 Å². The molecule has 0 radical (unpaired) electrons. The van der Waals surface area contributed by atoms with Crippen LogP contribution in [0.1, 0.15) is 18.3 Å². The fourth-order valence-corrected chi connectivity index (χ4v) is 3.00. The number of H-pyrrole nitrogens is 2. The van der Waals surface area contributed by atoms with Crippen LogP contribution >= 0.6 is 0 Å². The Morgan fingerprint density at radius 3 is 2.57 bits per heavy atom. The molecule has 138 valence electrons. The Bertz CT molecular complexity index is 1190. The standard InChI is InChI=1S/C20H17N7O/c1-2-3-12-27-18(21-20(28)24-27)13-14-8-10-15(11-9-14)16-6-4-5-7-17(16)19-22-25-26-23-19/h4-11H,12-13H2,1H3,(H,24,28)(H,22,23,25,26). The number of hydrogen-bond acceptors (Lipinski definition) is 5. The van der Waals surface area contributed by atoms with Gasteiger partial charge in [-0.1, -0.05) is 54.5 Å². The minimum absolute atomic E-state index is 0.362. The summed E-state index contributed by atoms with van der Waals surface area (Å²) in [6.07, 6.45) is 0.539. The molecule has 0 unspecified atom stereocenters. The minimum Gasteiger partial charge on any atom is -0.258 e. The molecule has 0 aliphatic heterocycles. The van der Waals surface area contributed by atoms with Gasteiger partial charge in [-0.3, -0.25) is 4.68 Å². The lowest BCUT2D eigenvalue weighted by Crippen LogP contribution is -2.07. The van der Waals surface area contributed by atoms with Gasteiger partial charge >= 0.3 is 5.69 Å². The Hall–Kier alpha value is -3.99. The van der Waals surface area contributed by atoms with E-state index in [1.165, 1.54) is 0 Å². The molecule has 0 spiro atoms. The third-order valence-electron chi connectivity index (χ3n) is 4.33. The topological polar surface area (TPSA) is 105 Å². The highest BCUT2D eigenvalue weighted by atomic mass is 16.1. The van der Waals surface area contributed by atoms with E-state index in [2.05, 4.69) is 42.5 Å². The second kappa shape index (κ2) is 7.72. The Morgan fingerprint density at radius 1 is 1.07 bits per heavy atom. The van der Waals surface area contributed by atoms with Crippen LogP contribution in [0.15, 0.2) is 53.3 Å². The fraction of sp³-hybridized carbons (Fsp3) is 0.150. The molecule has 4 rings (SSSR count). The number of hydrogen-bond donors (Lipinski definition) is 2. The predicted molar refractivity (Wildman–Crippen MR) is 104 cm³/mol. The molecule has 0 aliphatic rings. The number of rotatable bonds is 5. The highest BCUT2D eigenvalue weighted by molar-refractivity contribution is 5.80. The normalized spacial score (nSPS) is 10.5. The number of nitrogens with zero attached hydrogens (tertiary/aromatic N) is 5. The molecular formula is C20H17N7O. The Labute approximate surface area is 160 Å². The van der Waals surface area contributed by atoms with Crippen molar-refractivity contribution < 1.29 is 0 Å². The Balaban J connectivity index is 1.61. The van der Waals surface area contributed by atoms with Gasteiger partial charge in [-0.15, -0.1) is 16.1 Å². The van der Waals surface area contributed by atoms with Crippen molar-refractivity contribution in [2.75, 3.05) is 0 Å². The summed E-state index contributed by atoms with van der Waals surface area (Å²) in [7, 11) is 0. The average Bonchev–Trinajstić information content (AvgIpc) is 3.37. The lowest BCUT2D eigenvalue weighted by atomic mass is 9.98. The first-order valence-electron chi connectivity index (χ1n) is 8.72. The van der Waals surface area contributed by atoms with E-state index in [0.29, 0.717) is 24.6 Å². The largest absolute Gasteiger partial charge is 0.361 e. The number of benzene rings is 2. The molecule has 0 bridgehead atoms. The summed E-state index contributed by atoms with van der Waals surface area (Å²) in [5, 5.41) is 17.0. The van der Waals surface area contributed by atoms with Crippen LogP contribution < -0.4 is 5.69 Å². The van der Waals surface area contributed by atoms with E-state index >= 15 is 0 Å². The van der Waals surface area contributed by atoms with E-state index in [1.807, 2.05) is 48.5 Å². The zero-order chi connectivity index (χ0) is 19.3. The molecule has 8 heteroatoms. The van der Waals surface area contributed by atoms with E-state index in [9.17, 15) is 4.79 Å². The Kier molecular flexibility index (Phi) is 4.80. The SMILES string of the molecule is CC#CCn1[nH]c(=O)nc1Cc1ccc(-c2ccccc2-c2nn[nH]n2)cc1. The monoisotopic (exact) mass is 371 g/mol. The summed E-state index contributed by atoms with van der Waals surface area (Å²) in [6, 6.07) is 16.0.